The van der Waals surface area contributed by atoms with Crippen LogP contribution in [0.1, 0.15) is 11.7 Å². The number of aliphatic hydroxyl groups is 1. The lowest BCUT2D eigenvalue weighted by atomic mass is 10.1. The molecule has 0 bridgehead atoms. The summed E-state index contributed by atoms with van der Waals surface area (Å²) in [6.07, 6.45) is 3.82. The first-order valence-corrected chi connectivity index (χ1v) is 5.06. The van der Waals surface area contributed by atoms with Crippen molar-refractivity contribution >= 4 is 5.97 Å². The second kappa shape index (κ2) is 4.80. The van der Waals surface area contributed by atoms with E-state index in [2.05, 4.69) is 9.72 Å². The Morgan fingerprint density at radius 3 is 3.00 bits per heavy atom. The topological polar surface area (TPSA) is 64.3 Å². The molecule has 5 nitrogen and oxygen atoms in total. The largest absolute Gasteiger partial charge is 0.467 e. The fraction of sp³-hybridized carbons (Fsp3) is 0.167. The zero-order valence-electron chi connectivity index (χ0n) is 9.28. The van der Waals surface area contributed by atoms with Gasteiger partial charge in [0, 0.05) is 18.1 Å². The molecule has 0 spiro atoms. The van der Waals surface area contributed by atoms with Crippen LogP contribution in [0, 0.1) is 0 Å². The molecule has 1 atom stereocenters. The number of imidazole rings is 1. The van der Waals surface area contributed by atoms with Gasteiger partial charge in [0.1, 0.15) is 0 Å². The SMILES string of the molecule is COC(=O)C(O)c1cccc(-n2ccnc2)c1. The molecule has 0 fully saturated rings. The highest BCUT2D eigenvalue weighted by Crippen LogP contribution is 2.17. The molecule has 1 heterocycles. The number of carbonyl (C=O) groups is 1. The van der Waals surface area contributed by atoms with Crippen LogP contribution < -0.4 is 0 Å². The average Bonchev–Trinajstić information content (AvgIpc) is 2.91. The molecule has 0 aliphatic rings. The number of rotatable bonds is 3. The molecule has 0 saturated heterocycles. The van der Waals surface area contributed by atoms with E-state index in [9.17, 15) is 9.90 Å². The third kappa shape index (κ3) is 2.34. The van der Waals surface area contributed by atoms with Crippen LogP contribution in [0.4, 0.5) is 0 Å². The van der Waals surface area contributed by atoms with Crippen molar-refractivity contribution < 1.29 is 14.6 Å². The Hall–Kier alpha value is -2.14. The lowest BCUT2D eigenvalue weighted by molar-refractivity contribution is -0.150. The number of nitrogens with zero attached hydrogens (tertiary/aromatic N) is 2. The third-order valence-corrected chi connectivity index (χ3v) is 2.41. The van der Waals surface area contributed by atoms with Crippen LogP contribution in [0.3, 0.4) is 0 Å². The number of aromatic nitrogens is 2. The molecule has 0 aliphatic heterocycles. The van der Waals surface area contributed by atoms with Gasteiger partial charge in [0.05, 0.1) is 13.4 Å². The Balaban J connectivity index is 2.32. The van der Waals surface area contributed by atoms with Crippen molar-refractivity contribution in [3.63, 3.8) is 0 Å². The van der Waals surface area contributed by atoms with Gasteiger partial charge >= 0.3 is 5.97 Å². The normalized spacial score (nSPS) is 12.1. The van der Waals surface area contributed by atoms with E-state index < -0.39 is 12.1 Å². The maximum Gasteiger partial charge on any atom is 0.339 e. The summed E-state index contributed by atoms with van der Waals surface area (Å²) in [5, 5.41) is 9.71. The lowest BCUT2D eigenvalue weighted by Gasteiger charge is -2.10. The molecule has 0 amide bonds. The smallest absolute Gasteiger partial charge is 0.339 e. The molecule has 2 rings (SSSR count). The number of esters is 1. The minimum atomic E-state index is -1.26. The van der Waals surface area contributed by atoms with Crippen molar-refractivity contribution in [3.05, 3.63) is 48.5 Å². The molecule has 17 heavy (non-hydrogen) atoms. The van der Waals surface area contributed by atoms with Gasteiger partial charge in [-0.15, -0.1) is 0 Å². The van der Waals surface area contributed by atoms with Gasteiger partial charge in [0.2, 0.25) is 0 Å². The number of methoxy groups -OCH3 is 1. The molecular formula is C12H12N2O3. The summed E-state index contributed by atoms with van der Waals surface area (Å²) in [5.74, 6) is -0.673. The first-order valence-electron chi connectivity index (χ1n) is 5.06. The molecule has 1 unspecified atom stereocenters. The minimum absolute atomic E-state index is 0.489. The maximum absolute atomic E-state index is 11.2. The van der Waals surface area contributed by atoms with Crippen molar-refractivity contribution in [3.8, 4) is 5.69 Å². The molecular weight excluding hydrogens is 220 g/mol. The van der Waals surface area contributed by atoms with Gasteiger partial charge < -0.3 is 14.4 Å². The van der Waals surface area contributed by atoms with E-state index in [0.29, 0.717) is 5.56 Å². The van der Waals surface area contributed by atoms with E-state index in [1.807, 2.05) is 6.07 Å². The molecule has 5 heteroatoms. The highest BCUT2D eigenvalue weighted by molar-refractivity contribution is 5.76. The van der Waals surface area contributed by atoms with E-state index in [4.69, 9.17) is 0 Å². The van der Waals surface area contributed by atoms with Crippen LogP contribution in [-0.4, -0.2) is 27.7 Å². The van der Waals surface area contributed by atoms with Crippen LogP contribution >= 0.6 is 0 Å². The van der Waals surface area contributed by atoms with Gasteiger partial charge in [-0.05, 0) is 17.7 Å². The van der Waals surface area contributed by atoms with Gasteiger partial charge in [0.15, 0.2) is 6.10 Å². The summed E-state index contributed by atoms with van der Waals surface area (Å²) in [6.45, 7) is 0. The predicted octanol–water partition coefficient (Wildman–Crippen LogP) is 1.08. The molecule has 0 radical (unpaired) electrons. The summed E-state index contributed by atoms with van der Waals surface area (Å²) in [5.41, 5.74) is 1.31. The van der Waals surface area contributed by atoms with Crippen LogP contribution in [-0.2, 0) is 9.53 Å². The van der Waals surface area contributed by atoms with Gasteiger partial charge in [-0.3, -0.25) is 0 Å². The highest BCUT2D eigenvalue weighted by atomic mass is 16.5. The predicted molar refractivity (Wildman–Crippen MR) is 60.5 cm³/mol. The Labute approximate surface area is 98.3 Å². The van der Waals surface area contributed by atoms with E-state index >= 15 is 0 Å². The monoisotopic (exact) mass is 232 g/mol. The Morgan fingerprint density at radius 1 is 1.53 bits per heavy atom. The Bertz CT molecular complexity index is 508. The van der Waals surface area contributed by atoms with Crippen molar-refractivity contribution in [1.82, 2.24) is 9.55 Å². The quantitative estimate of drug-likeness (QED) is 0.804. The number of benzene rings is 1. The first kappa shape index (κ1) is 11.3. The van der Waals surface area contributed by atoms with E-state index in [1.54, 1.807) is 41.5 Å². The molecule has 1 aromatic heterocycles. The van der Waals surface area contributed by atoms with Crippen molar-refractivity contribution in [2.24, 2.45) is 0 Å². The van der Waals surface area contributed by atoms with Crippen molar-refractivity contribution in [2.75, 3.05) is 7.11 Å². The second-order valence-electron chi connectivity index (χ2n) is 3.49. The third-order valence-electron chi connectivity index (χ3n) is 2.41. The summed E-state index contributed by atoms with van der Waals surface area (Å²) < 4.78 is 6.27. The Morgan fingerprint density at radius 2 is 2.35 bits per heavy atom. The number of aliphatic hydroxyl groups excluding tert-OH is 1. The zero-order valence-corrected chi connectivity index (χ0v) is 9.28. The first-order chi connectivity index (χ1) is 8.22. The summed E-state index contributed by atoms with van der Waals surface area (Å²) >= 11 is 0. The van der Waals surface area contributed by atoms with Gasteiger partial charge in [-0.2, -0.15) is 0 Å². The molecule has 88 valence electrons. The summed E-state index contributed by atoms with van der Waals surface area (Å²) in [4.78, 5) is 15.2. The van der Waals surface area contributed by atoms with Gasteiger partial charge in [-0.25, -0.2) is 9.78 Å². The zero-order chi connectivity index (χ0) is 12.3. The second-order valence-corrected chi connectivity index (χ2v) is 3.49. The fourth-order valence-corrected chi connectivity index (χ4v) is 1.52. The van der Waals surface area contributed by atoms with E-state index in [-0.39, 0.29) is 0 Å². The number of carbonyl (C=O) groups excluding carboxylic acids is 1. The lowest BCUT2D eigenvalue weighted by Crippen LogP contribution is -2.13. The van der Waals surface area contributed by atoms with Crippen molar-refractivity contribution in [2.45, 2.75) is 6.10 Å². The maximum atomic E-state index is 11.2. The number of hydrogen-bond acceptors (Lipinski definition) is 4. The minimum Gasteiger partial charge on any atom is -0.467 e. The van der Waals surface area contributed by atoms with Crippen LogP contribution in [0.2, 0.25) is 0 Å². The van der Waals surface area contributed by atoms with Crippen molar-refractivity contribution in [1.29, 1.82) is 0 Å². The van der Waals surface area contributed by atoms with Gasteiger partial charge in [-0.1, -0.05) is 12.1 Å². The molecule has 2 aromatic rings. The fourth-order valence-electron chi connectivity index (χ4n) is 1.52. The molecule has 1 aromatic carbocycles. The average molecular weight is 232 g/mol. The standard InChI is InChI=1S/C12H12N2O3/c1-17-12(16)11(15)9-3-2-4-10(7-9)14-6-5-13-8-14/h2-8,11,15H,1H3. The number of ether oxygens (including phenoxy) is 1. The summed E-state index contributed by atoms with van der Waals surface area (Å²) in [7, 11) is 1.24. The van der Waals surface area contributed by atoms with E-state index in [0.717, 1.165) is 5.69 Å². The highest BCUT2D eigenvalue weighted by Gasteiger charge is 2.17. The van der Waals surface area contributed by atoms with E-state index in [1.165, 1.54) is 7.11 Å². The van der Waals surface area contributed by atoms with Crippen LogP contribution in [0.15, 0.2) is 43.0 Å². The summed E-state index contributed by atoms with van der Waals surface area (Å²) in [6, 6.07) is 7.00. The molecule has 1 N–H and O–H groups in total. The van der Waals surface area contributed by atoms with Gasteiger partial charge in [0.25, 0.3) is 0 Å². The van der Waals surface area contributed by atoms with Crippen LogP contribution in [0.5, 0.6) is 0 Å². The number of hydrogen-bond donors (Lipinski definition) is 1. The molecule has 0 saturated carbocycles. The Kier molecular flexibility index (Phi) is 3.20. The molecule has 0 aliphatic carbocycles. The van der Waals surface area contributed by atoms with Crippen LogP contribution in [0.25, 0.3) is 5.69 Å².